The van der Waals surface area contributed by atoms with Crippen LogP contribution < -0.4 is 5.69 Å². The molecular weight excluding hydrogens is 257 g/mol. The molecule has 1 atom stereocenters. The molecule has 0 radical (unpaired) electrons. The summed E-state index contributed by atoms with van der Waals surface area (Å²) >= 11 is 0. The number of benzene rings is 2. The summed E-state index contributed by atoms with van der Waals surface area (Å²) in [5.74, 6) is 0. The third-order valence-electron chi connectivity index (χ3n) is 3.36. The van der Waals surface area contributed by atoms with Gasteiger partial charge in [-0.15, -0.1) is 0 Å². The maximum atomic E-state index is 12.5. The molecule has 92 valence electrons. The fourth-order valence-corrected chi connectivity index (χ4v) is 2.82. The fourth-order valence-electron chi connectivity index (χ4n) is 2.48. The molecule has 0 saturated carbocycles. The molecule has 4 rings (SSSR count). The van der Waals surface area contributed by atoms with E-state index in [1.807, 2.05) is 48.5 Å². The smallest absolute Gasteiger partial charge is 0.278 e. The molecule has 2 aromatic carbocycles. The van der Waals surface area contributed by atoms with Gasteiger partial charge in [0.25, 0.3) is 0 Å². The number of para-hydroxylation sites is 3. The van der Waals surface area contributed by atoms with Crippen LogP contribution >= 0.6 is 9.39 Å². The van der Waals surface area contributed by atoms with Gasteiger partial charge in [0.05, 0.1) is 16.6 Å². The van der Waals surface area contributed by atoms with Crippen molar-refractivity contribution in [1.29, 1.82) is 0 Å². The number of hydrogen-bond donors (Lipinski definition) is 0. The van der Waals surface area contributed by atoms with Crippen LogP contribution in [0.3, 0.4) is 0 Å². The van der Waals surface area contributed by atoms with Crippen LogP contribution in [0.2, 0.25) is 0 Å². The van der Waals surface area contributed by atoms with Gasteiger partial charge in [-0.2, -0.15) is 0 Å². The Morgan fingerprint density at radius 1 is 0.947 bits per heavy atom. The van der Waals surface area contributed by atoms with E-state index in [0.717, 1.165) is 21.9 Å². The van der Waals surface area contributed by atoms with Crippen molar-refractivity contribution in [1.82, 2.24) is 13.7 Å². The number of rotatable bonds is 0. The predicted molar refractivity (Wildman–Crippen MR) is 79.6 cm³/mol. The van der Waals surface area contributed by atoms with E-state index < -0.39 is 0 Å². The van der Waals surface area contributed by atoms with E-state index in [-0.39, 0.29) is 5.69 Å². The van der Waals surface area contributed by atoms with Gasteiger partial charge in [0.1, 0.15) is 0 Å². The fraction of sp³-hybridized carbons (Fsp3) is 0. The maximum absolute atomic E-state index is 12.5. The van der Waals surface area contributed by atoms with Crippen LogP contribution in [0.1, 0.15) is 0 Å². The van der Waals surface area contributed by atoms with Gasteiger partial charge in [-0.3, -0.25) is 4.34 Å². The average molecular weight is 267 g/mol. The Kier molecular flexibility index (Phi) is 2.06. The van der Waals surface area contributed by atoms with Crippen LogP contribution in [0, 0.1) is 0 Å². The molecule has 0 amide bonds. The van der Waals surface area contributed by atoms with Crippen molar-refractivity contribution < 1.29 is 0 Å². The third kappa shape index (κ3) is 1.32. The Balaban J connectivity index is 2.45. The van der Waals surface area contributed by atoms with Gasteiger partial charge in [0.2, 0.25) is 0 Å². The van der Waals surface area contributed by atoms with E-state index in [2.05, 4.69) is 14.4 Å². The van der Waals surface area contributed by atoms with Gasteiger partial charge in [0, 0.05) is 5.39 Å². The summed E-state index contributed by atoms with van der Waals surface area (Å²) in [7, 11) is 2.47. The van der Waals surface area contributed by atoms with E-state index in [1.54, 1.807) is 8.74 Å². The second-order valence-electron chi connectivity index (χ2n) is 4.43. The molecule has 0 spiro atoms. The van der Waals surface area contributed by atoms with Crippen molar-refractivity contribution in [3.05, 3.63) is 59.0 Å². The summed E-state index contributed by atoms with van der Waals surface area (Å²) in [4.78, 5) is 17.1. The van der Waals surface area contributed by atoms with E-state index >= 15 is 0 Å². The first kappa shape index (κ1) is 10.7. The van der Waals surface area contributed by atoms with Gasteiger partial charge in [-0.05, 0) is 33.7 Å². The Morgan fingerprint density at radius 2 is 1.63 bits per heavy atom. The normalized spacial score (nSPS) is 11.6. The molecule has 0 fully saturated rings. The molecule has 5 heteroatoms. The van der Waals surface area contributed by atoms with Crippen molar-refractivity contribution in [2.24, 2.45) is 0 Å². The minimum Gasteiger partial charge on any atom is -0.278 e. The largest absolute Gasteiger partial charge is 0.337 e. The van der Waals surface area contributed by atoms with E-state index in [4.69, 9.17) is 0 Å². The molecule has 0 saturated heterocycles. The molecule has 19 heavy (non-hydrogen) atoms. The second-order valence-corrected chi connectivity index (χ2v) is 4.95. The summed E-state index contributed by atoms with van der Waals surface area (Å²) < 4.78 is 3.24. The van der Waals surface area contributed by atoms with Gasteiger partial charge in [0.15, 0.2) is 5.65 Å². The van der Waals surface area contributed by atoms with Crippen LogP contribution in [-0.2, 0) is 0 Å². The first-order valence-electron chi connectivity index (χ1n) is 5.93. The molecule has 2 heterocycles. The van der Waals surface area contributed by atoms with Crippen LogP contribution in [0.5, 0.6) is 0 Å². The van der Waals surface area contributed by atoms with Gasteiger partial charge >= 0.3 is 5.69 Å². The first-order valence-corrected chi connectivity index (χ1v) is 6.45. The molecular formula is C14H10N3OP. The molecule has 0 aliphatic heterocycles. The predicted octanol–water partition coefficient (Wildman–Crippen LogP) is 2.44. The number of imidazole rings is 1. The minimum absolute atomic E-state index is 0.104. The van der Waals surface area contributed by atoms with Crippen molar-refractivity contribution >= 4 is 37.0 Å². The standard InChI is InChI=1S/C14H10N3OP/c18-14-16-12-8-4-2-6-10(12)15-13(16)9-5-1-3-7-11(9)17(14)19/h1-8H,19H2. The summed E-state index contributed by atoms with van der Waals surface area (Å²) in [6.45, 7) is 0. The Bertz CT molecular complexity index is 1000. The van der Waals surface area contributed by atoms with Crippen molar-refractivity contribution in [3.63, 3.8) is 0 Å². The lowest BCUT2D eigenvalue weighted by molar-refractivity contribution is 1.02. The lowest BCUT2D eigenvalue weighted by atomic mass is 10.2. The van der Waals surface area contributed by atoms with E-state index in [9.17, 15) is 4.79 Å². The average Bonchev–Trinajstić information content (AvgIpc) is 2.84. The third-order valence-corrected chi connectivity index (χ3v) is 3.86. The Hall–Kier alpha value is -2.19. The van der Waals surface area contributed by atoms with Gasteiger partial charge in [-0.1, -0.05) is 24.3 Å². The number of hydrogen-bond acceptors (Lipinski definition) is 2. The quantitative estimate of drug-likeness (QED) is 0.459. The molecule has 2 aromatic heterocycles. The summed E-state index contributed by atoms with van der Waals surface area (Å²) in [5, 5.41) is 0.966. The molecule has 1 unspecified atom stereocenters. The van der Waals surface area contributed by atoms with Crippen LogP contribution in [0.15, 0.2) is 53.3 Å². The summed E-state index contributed by atoms with van der Waals surface area (Å²) in [6.07, 6.45) is 0. The summed E-state index contributed by atoms with van der Waals surface area (Å²) in [5.41, 5.74) is 3.14. The van der Waals surface area contributed by atoms with Crippen molar-refractivity contribution in [2.45, 2.75) is 0 Å². The zero-order chi connectivity index (χ0) is 13.0. The Labute approximate surface area is 110 Å². The van der Waals surface area contributed by atoms with Crippen molar-refractivity contribution in [3.8, 4) is 0 Å². The maximum Gasteiger partial charge on any atom is 0.337 e. The highest BCUT2D eigenvalue weighted by Gasteiger charge is 2.12. The van der Waals surface area contributed by atoms with E-state index in [0.29, 0.717) is 5.65 Å². The molecule has 0 aliphatic carbocycles. The number of aromatic nitrogens is 3. The second kappa shape index (κ2) is 3.65. The lowest BCUT2D eigenvalue weighted by Crippen LogP contribution is -2.21. The molecule has 4 aromatic rings. The zero-order valence-corrected chi connectivity index (χ0v) is 11.1. The van der Waals surface area contributed by atoms with Gasteiger partial charge < -0.3 is 0 Å². The van der Waals surface area contributed by atoms with E-state index in [1.165, 1.54) is 0 Å². The first-order chi connectivity index (χ1) is 9.27. The topological polar surface area (TPSA) is 39.3 Å². The minimum atomic E-state index is -0.104. The lowest BCUT2D eigenvalue weighted by Gasteiger charge is -2.06. The van der Waals surface area contributed by atoms with Crippen molar-refractivity contribution in [2.75, 3.05) is 0 Å². The van der Waals surface area contributed by atoms with Crippen LogP contribution in [0.4, 0.5) is 0 Å². The SMILES string of the molecule is O=c1n(P)c2ccccc2c2nc3ccccc3n12. The summed E-state index contributed by atoms with van der Waals surface area (Å²) in [6, 6.07) is 15.5. The molecule has 0 bridgehead atoms. The molecule has 0 N–H and O–H groups in total. The highest BCUT2D eigenvalue weighted by molar-refractivity contribution is 7.14. The highest BCUT2D eigenvalue weighted by Crippen LogP contribution is 2.22. The van der Waals surface area contributed by atoms with Crippen LogP contribution in [0.25, 0.3) is 27.6 Å². The number of fused-ring (bicyclic) bond motifs is 5. The van der Waals surface area contributed by atoms with Gasteiger partial charge in [-0.25, -0.2) is 14.2 Å². The number of nitrogens with zero attached hydrogens (tertiary/aromatic N) is 3. The zero-order valence-electron chi connectivity index (χ0n) is 9.95. The molecule has 0 aliphatic rings. The molecule has 4 nitrogen and oxygen atoms in total. The monoisotopic (exact) mass is 267 g/mol. The Morgan fingerprint density at radius 3 is 2.47 bits per heavy atom. The van der Waals surface area contributed by atoms with Crippen LogP contribution in [-0.4, -0.2) is 13.7 Å². The highest BCUT2D eigenvalue weighted by atomic mass is 31.0.